The lowest BCUT2D eigenvalue weighted by atomic mass is 10.1. The summed E-state index contributed by atoms with van der Waals surface area (Å²) in [5.41, 5.74) is 4.07. The fraction of sp³-hybridized carbons (Fsp3) is 0.0952. The van der Waals surface area contributed by atoms with Crippen LogP contribution in [0.4, 0.5) is 11.6 Å². The second kappa shape index (κ2) is 7.32. The minimum atomic E-state index is -0.0384. The molecule has 0 aliphatic rings. The molecule has 0 spiro atoms. The van der Waals surface area contributed by atoms with Crippen LogP contribution in [-0.2, 0) is 0 Å². The van der Waals surface area contributed by atoms with Crippen LogP contribution >= 0.6 is 11.6 Å². The zero-order valence-corrected chi connectivity index (χ0v) is 16.2. The normalized spacial score (nSPS) is 10.8. The third-order valence-electron chi connectivity index (χ3n) is 4.29. The number of amides is 1. The maximum absolute atomic E-state index is 12.0. The average molecular weight is 392 g/mol. The Morgan fingerprint density at radius 3 is 2.57 bits per heavy atom. The molecule has 0 unspecified atom stereocenters. The van der Waals surface area contributed by atoms with Gasteiger partial charge in [0.2, 0.25) is 5.95 Å². The van der Waals surface area contributed by atoms with E-state index in [1.807, 2.05) is 54.7 Å². The van der Waals surface area contributed by atoms with Gasteiger partial charge in [0.1, 0.15) is 0 Å². The molecular formula is C21H18ClN5O. The van der Waals surface area contributed by atoms with Gasteiger partial charge in [0.05, 0.1) is 0 Å². The molecule has 0 saturated heterocycles. The van der Waals surface area contributed by atoms with E-state index in [4.69, 9.17) is 11.6 Å². The van der Waals surface area contributed by atoms with E-state index in [9.17, 15) is 4.79 Å². The zero-order valence-electron chi connectivity index (χ0n) is 15.4. The highest BCUT2D eigenvalue weighted by molar-refractivity contribution is 6.30. The van der Waals surface area contributed by atoms with Crippen molar-refractivity contribution in [3.8, 4) is 11.1 Å². The molecule has 0 saturated carbocycles. The molecule has 2 aromatic heterocycles. The molecule has 1 N–H and O–H groups in total. The minimum Gasteiger partial charge on any atom is -0.345 e. The van der Waals surface area contributed by atoms with Crippen LogP contribution in [0.5, 0.6) is 0 Å². The van der Waals surface area contributed by atoms with E-state index in [0.717, 1.165) is 22.5 Å². The first-order valence-corrected chi connectivity index (χ1v) is 9.09. The molecular weight excluding hydrogens is 374 g/mol. The molecule has 7 heteroatoms. The van der Waals surface area contributed by atoms with Gasteiger partial charge in [0.15, 0.2) is 5.65 Å². The quantitative estimate of drug-likeness (QED) is 0.556. The van der Waals surface area contributed by atoms with E-state index < -0.39 is 0 Å². The Morgan fingerprint density at radius 2 is 1.86 bits per heavy atom. The molecule has 6 nitrogen and oxygen atoms in total. The predicted molar refractivity (Wildman–Crippen MR) is 111 cm³/mol. The van der Waals surface area contributed by atoms with Crippen molar-refractivity contribution >= 4 is 34.8 Å². The molecule has 140 valence electrons. The van der Waals surface area contributed by atoms with Gasteiger partial charge in [-0.2, -0.15) is 4.98 Å². The van der Waals surface area contributed by atoms with Gasteiger partial charge in [0, 0.05) is 42.1 Å². The number of benzene rings is 2. The Hall–Kier alpha value is -3.38. The summed E-state index contributed by atoms with van der Waals surface area (Å²) in [6, 6.07) is 18.8. The van der Waals surface area contributed by atoms with E-state index in [-0.39, 0.29) is 5.91 Å². The fourth-order valence-electron chi connectivity index (χ4n) is 2.92. The number of rotatable bonds is 4. The molecule has 4 aromatic rings. The topological polar surface area (TPSA) is 62.5 Å². The van der Waals surface area contributed by atoms with Crippen molar-refractivity contribution in [3.05, 3.63) is 77.4 Å². The number of halogens is 1. The monoisotopic (exact) mass is 391 g/mol. The number of aromatic nitrogens is 3. The number of nitrogens with one attached hydrogen (secondary N) is 1. The van der Waals surface area contributed by atoms with Crippen LogP contribution in [0.25, 0.3) is 16.8 Å². The Morgan fingerprint density at radius 1 is 1.07 bits per heavy atom. The number of anilines is 2. The smallest absolute Gasteiger partial charge is 0.253 e. The van der Waals surface area contributed by atoms with Gasteiger partial charge >= 0.3 is 0 Å². The molecule has 2 aromatic carbocycles. The SMILES string of the molecule is CN(C)C(=O)c1ccc(Nc2nc3c(-c4cccc(Cl)c4)cccn3n2)cc1. The summed E-state index contributed by atoms with van der Waals surface area (Å²) >= 11 is 6.13. The minimum absolute atomic E-state index is 0.0384. The molecule has 0 fully saturated rings. The third-order valence-corrected chi connectivity index (χ3v) is 4.53. The van der Waals surface area contributed by atoms with Crippen LogP contribution in [0.1, 0.15) is 10.4 Å². The van der Waals surface area contributed by atoms with Gasteiger partial charge in [-0.1, -0.05) is 23.7 Å². The van der Waals surface area contributed by atoms with Crippen LogP contribution in [0.3, 0.4) is 0 Å². The number of carbonyl (C=O) groups is 1. The first-order valence-electron chi connectivity index (χ1n) is 8.71. The molecule has 0 bridgehead atoms. The van der Waals surface area contributed by atoms with E-state index in [1.165, 1.54) is 0 Å². The first kappa shape index (κ1) is 18.0. The number of fused-ring (bicyclic) bond motifs is 1. The van der Waals surface area contributed by atoms with Crippen LogP contribution in [0.15, 0.2) is 66.9 Å². The van der Waals surface area contributed by atoms with Gasteiger partial charge < -0.3 is 10.2 Å². The number of hydrogen-bond donors (Lipinski definition) is 1. The lowest BCUT2D eigenvalue weighted by molar-refractivity contribution is 0.0827. The maximum atomic E-state index is 12.0. The predicted octanol–water partition coefficient (Wildman–Crippen LogP) is 4.50. The summed E-state index contributed by atoms with van der Waals surface area (Å²) in [6.07, 6.45) is 1.85. The number of nitrogens with zero attached hydrogens (tertiary/aromatic N) is 4. The highest BCUT2D eigenvalue weighted by Crippen LogP contribution is 2.27. The number of carbonyl (C=O) groups excluding carboxylic acids is 1. The van der Waals surface area contributed by atoms with Crippen molar-refractivity contribution in [2.24, 2.45) is 0 Å². The first-order chi connectivity index (χ1) is 13.5. The summed E-state index contributed by atoms with van der Waals surface area (Å²) in [5.74, 6) is 0.435. The molecule has 28 heavy (non-hydrogen) atoms. The van der Waals surface area contributed by atoms with E-state index in [1.54, 1.807) is 35.6 Å². The summed E-state index contributed by atoms with van der Waals surface area (Å²) in [5, 5.41) is 8.34. The number of pyridine rings is 1. The highest BCUT2D eigenvalue weighted by Gasteiger charge is 2.11. The molecule has 4 rings (SSSR count). The van der Waals surface area contributed by atoms with E-state index in [0.29, 0.717) is 16.5 Å². The lowest BCUT2D eigenvalue weighted by Gasteiger charge is -2.10. The van der Waals surface area contributed by atoms with Crippen molar-refractivity contribution < 1.29 is 4.79 Å². The molecule has 0 atom stereocenters. The average Bonchev–Trinajstić information content (AvgIpc) is 3.10. The Bertz CT molecular complexity index is 1150. The summed E-state index contributed by atoms with van der Waals surface area (Å²) in [7, 11) is 3.46. The van der Waals surface area contributed by atoms with Crippen molar-refractivity contribution in [3.63, 3.8) is 0 Å². The highest BCUT2D eigenvalue weighted by atomic mass is 35.5. The summed E-state index contributed by atoms with van der Waals surface area (Å²) in [6.45, 7) is 0. The molecule has 1 amide bonds. The van der Waals surface area contributed by atoms with Crippen molar-refractivity contribution in [1.82, 2.24) is 19.5 Å². The van der Waals surface area contributed by atoms with E-state index >= 15 is 0 Å². The Labute approximate surface area is 167 Å². The Balaban J connectivity index is 1.64. The van der Waals surface area contributed by atoms with Gasteiger partial charge in [-0.05, 0) is 54.1 Å². The third kappa shape index (κ3) is 3.54. The van der Waals surface area contributed by atoms with Gasteiger partial charge in [-0.25, -0.2) is 4.52 Å². The van der Waals surface area contributed by atoms with Gasteiger partial charge in [0.25, 0.3) is 5.91 Å². The largest absolute Gasteiger partial charge is 0.345 e. The van der Waals surface area contributed by atoms with Gasteiger partial charge in [-0.15, -0.1) is 5.10 Å². The Kier molecular flexibility index (Phi) is 4.71. The van der Waals surface area contributed by atoms with Crippen molar-refractivity contribution in [2.45, 2.75) is 0 Å². The fourth-order valence-corrected chi connectivity index (χ4v) is 3.11. The van der Waals surface area contributed by atoms with E-state index in [2.05, 4.69) is 15.4 Å². The molecule has 2 heterocycles. The van der Waals surface area contributed by atoms with Crippen LogP contribution in [0.2, 0.25) is 5.02 Å². The summed E-state index contributed by atoms with van der Waals surface area (Å²) < 4.78 is 1.72. The van der Waals surface area contributed by atoms with Crippen LogP contribution < -0.4 is 5.32 Å². The lowest BCUT2D eigenvalue weighted by Crippen LogP contribution is -2.21. The molecule has 0 aliphatic carbocycles. The standard InChI is InChI=1S/C21H18ClN5O/c1-26(2)20(28)14-8-10-17(11-9-14)23-21-24-19-18(7-4-12-27(19)25-21)15-5-3-6-16(22)13-15/h3-13H,1-2H3,(H,23,25). The molecule has 0 aliphatic heterocycles. The van der Waals surface area contributed by atoms with Crippen molar-refractivity contribution in [1.29, 1.82) is 0 Å². The second-order valence-electron chi connectivity index (χ2n) is 6.54. The van der Waals surface area contributed by atoms with Crippen LogP contribution in [0, 0.1) is 0 Å². The molecule has 0 radical (unpaired) electrons. The van der Waals surface area contributed by atoms with Gasteiger partial charge in [-0.3, -0.25) is 4.79 Å². The van der Waals surface area contributed by atoms with Crippen molar-refractivity contribution in [2.75, 3.05) is 19.4 Å². The maximum Gasteiger partial charge on any atom is 0.253 e. The summed E-state index contributed by atoms with van der Waals surface area (Å²) in [4.78, 5) is 18.2. The zero-order chi connectivity index (χ0) is 19.7. The van der Waals surface area contributed by atoms with Crippen LogP contribution in [-0.4, -0.2) is 39.5 Å². The second-order valence-corrected chi connectivity index (χ2v) is 6.97. The number of hydrogen-bond acceptors (Lipinski definition) is 4.